The van der Waals surface area contributed by atoms with Crippen molar-refractivity contribution in [2.45, 2.75) is 25.7 Å². The molecule has 0 spiro atoms. The molecule has 1 amide bonds. The fraction of sp³-hybridized carbons (Fsp3) is 0.333. The van der Waals surface area contributed by atoms with Gasteiger partial charge in [-0.3, -0.25) is 9.69 Å². The summed E-state index contributed by atoms with van der Waals surface area (Å²) in [5, 5.41) is 4.81. The van der Waals surface area contributed by atoms with Gasteiger partial charge in [-0.05, 0) is 56.1 Å². The first-order chi connectivity index (χ1) is 13.1. The number of amides is 1. The van der Waals surface area contributed by atoms with Crippen molar-refractivity contribution in [1.29, 1.82) is 0 Å². The highest BCUT2D eigenvalue weighted by Gasteiger charge is 2.25. The van der Waals surface area contributed by atoms with Gasteiger partial charge < -0.3 is 5.32 Å². The molecular formula is C21H22ClN3OS. The molecule has 6 heteroatoms. The van der Waals surface area contributed by atoms with Crippen molar-refractivity contribution in [3.8, 4) is 0 Å². The van der Waals surface area contributed by atoms with E-state index in [1.54, 1.807) is 17.4 Å². The number of benzene rings is 2. The minimum atomic E-state index is 0.00492. The molecule has 1 aliphatic rings. The molecule has 2 heterocycles. The first-order valence-electron chi connectivity index (χ1n) is 9.22. The molecule has 0 aliphatic carbocycles. The van der Waals surface area contributed by atoms with Crippen LogP contribution in [0.5, 0.6) is 0 Å². The molecule has 1 fully saturated rings. The van der Waals surface area contributed by atoms with E-state index >= 15 is 0 Å². The molecule has 1 aliphatic heterocycles. The van der Waals surface area contributed by atoms with Gasteiger partial charge >= 0.3 is 0 Å². The number of rotatable bonds is 4. The van der Waals surface area contributed by atoms with Gasteiger partial charge in [0, 0.05) is 23.2 Å². The molecule has 1 atom stereocenters. The second-order valence-corrected chi connectivity index (χ2v) is 8.60. The van der Waals surface area contributed by atoms with Crippen molar-refractivity contribution < 1.29 is 4.79 Å². The van der Waals surface area contributed by atoms with E-state index in [1.807, 2.05) is 25.1 Å². The number of hydrogen-bond donors (Lipinski definition) is 1. The van der Waals surface area contributed by atoms with Crippen molar-refractivity contribution in [2.75, 3.05) is 25.0 Å². The first kappa shape index (κ1) is 18.4. The number of carbonyl (C=O) groups is 1. The molecule has 2 aromatic carbocycles. The average Bonchev–Trinajstić information content (AvgIpc) is 3.09. The standard InChI is InChI=1S/C21H22ClN3OS/c1-14-8-9-16(22)11-18(14)23-20(26)13-25-10-4-5-15(12-25)21-24-17-6-2-3-7-19(17)27-21/h2-3,6-9,11,15H,4-5,10,12-13H2,1H3,(H,23,26)/t15-/m0/s1. The van der Waals surface area contributed by atoms with Crippen molar-refractivity contribution in [2.24, 2.45) is 0 Å². The van der Waals surface area contributed by atoms with E-state index in [0.717, 1.165) is 42.7 Å². The van der Waals surface area contributed by atoms with E-state index in [0.29, 0.717) is 17.5 Å². The summed E-state index contributed by atoms with van der Waals surface area (Å²) in [5.41, 5.74) is 2.87. The number of carbonyl (C=O) groups excluding carboxylic acids is 1. The number of para-hydroxylation sites is 1. The van der Waals surface area contributed by atoms with Gasteiger partial charge in [0.2, 0.25) is 5.91 Å². The number of aromatic nitrogens is 1. The zero-order valence-electron chi connectivity index (χ0n) is 15.2. The van der Waals surface area contributed by atoms with Crippen LogP contribution in [-0.4, -0.2) is 35.4 Å². The molecule has 1 saturated heterocycles. The summed E-state index contributed by atoms with van der Waals surface area (Å²) in [6, 6.07) is 13.8. The highest BCUT2D eigenvalue weighted by atomic mass is 35.5. The second-order valence-electron chi connectivity index (χ2n) is 7.10. The zero-order chi connectivity index (χ0) is 18.8. The third-order valence-corrected chi connectivity index (χ3v) is 6.44. The topological polar surface area (TPSA) is 45.2 Å². The number of hydrogen-bond acceptors (Lipinski definition) is 4. The van der Waals surface area contributed by atoms with E-state index in [1.165, 1.54) is 9.71 Å². The summed E-state index contributed by atoms with van der Waals surface area (Å²) < 4.78 is 1.23. The lowest BCUT2D eigenvalue weighted by molar-refractivity contribution is -0.117. The summed E-state index contributed by atoms with van der Waals surface area (Å²) in [4.78, 5) is 19.6. The predicted molar refractivity (Wildman–Crippen MR) is 113 cm³/mol. The molecular weight excluding hydrogens is 378 g/mol. The Hall–Kier alpha value is -1.95. The lowest BCUT2D eigenvalue weighted by Crippen LogP contribution is -2.39. The second kappa shape index (κ2) is 7.97. The van der Waals surface area contributed by atoms with Crippen LogP contribution in [-0.2, 0) is 4.79 Å². The SMILES string of the molecule is Cc1ccc(Cl)cc1NC(=O)CN1CCC[C@H](c2nc3ccccc3s2)C1. The fourth-order valence-electron chi connectivity index (χ4n) is 3.59. The highest BCUT2D eigenvalue weighted by Crippen LogP contribution is 2.32. The third kappa shape index (κ3) is 4.32. The van der Waals surface area contributed by atoms with Crippen molar-refractivity contribution in [3.05, 3.63) is 58.1 Å². The molecule has 4 nitrogen and oxygen atoms in total. The van der Waals surface area contributed by atoms with Gasteiger partial charge in [-0.25, -0.2) is 4.98 Å². The number of aryl methyl sites for hydroxylation is 1. The summed E-state index contributed by atoms with van der Waals surface area (Å²) in [6.07, 6.45) is 2.22. The third-order valence-electron chi connectivity index (χ3n) is 5.01. The molecule has 1 aromatic heterocycles. The Morgan fingerprint density at radius 3 is 3.04 bits per heavy atom. The number of anilines is 1. The van der Waals surface area contributed by atoms with Crippen LogP contribution >= 0.6 is 22.9 Å². The number of piperidine rings is 1. The number of nitrogens with zero attached hydrogens (tertiary/aromatic N) is 2. The molecule has 3 aromatic rings. The van der Waals surface area contributed by atoms with E-state index in [4.69, 9.17) is 16.6 Å². The highest BCUT2D eigenvalue weighted by molar-refractivity contribution is 7.18. The van der Waals surface area contributed by atoms with Crippen molar-refractivity contribution in [1.82, 2.24) is 9.88 Å². The lowest BCUT2D eigenvalue weighted by Gasteiger charge is -2.31. The molecule has 4 rings (SSSR count). The van der Waals surface area contributed by atoms with Crippen molar-refractivity contribution >= 4 is 44.7 Å². The van der Waals surface area contributed by atoms with Gasteiger partial charge in [0.1, 0.15) is 0 Å². The maximum Gasteiger partial charge on any atom is 0.238 e. The van der Waals surface area contributed by atoms with Gasteiger partial charge in [0.25, 0.3) is 0 Å². The predicted octanol–water partition coefficient (Wildman–Crippen LogP) is 5.08. The number of halogens is 1. The van der Waals surface area contributed by atoms with Crippen LogP contribution in [0.1, 0.15) is 29.3 Å². The van der Waals surface area contributed by atoms with E-state index in [9.17, 15) is 4.79 Å². The van der Waals surface area contributed by atoms with Crippen LogP contribution in [0.2, 0.25) is 5.02 Å². The molecule has 0 bridgehead atoms. The quantitative estimate of drug-likeness (QED) is 0.665. The minimum absolute atomic E-state index is 0.00492. The van der Waals surface area contributed by atoms with Gasteiger partial charge in [-0.2, -0.15) is 0 Å². The van der Waals surface area contributed by atoms with Gasteiger partial charge in [0.15, 0.2) is 0 Å². The molecule has 0 radical (unpaired) electrons. The van der Waals surface area contributed by atoms with E-state index < -0.39 is 0 Å². The molecule has 0 unspecified atom stereocenters. The minimum Gasteiger partial charge on any atom is -0.325 e. The van der Waals surface area contributed by atoms with Gasteiger partial charge in [0.05, 0.1) is 21.8 Å². The van der Waals surface area contributed by atoms with E-state index in [2.05, 4.69) is 28.4 Å². The van der Waals surface area contributed by atoms with Crippen LogP contribution in [0.25, 0.3) is 10.2 Å². The molecule has 27 heavy (non-hydrogen) atoms. The van der Waals surface area contributed by atoms with Crippen LogP contribution in [0.4, 0.5) is 5.69 Å². The summed E-state index contributed by atoms with van der Waals surface area (Å²) >= 11 is 7.82. The first-order valence-corrected chi connectivity index (χ1v) is 10.4. The molecule has 1 N–H and O–H groups in total. The monoisotopic (exact) mass is 399 g/mol. The normalized spacial score (nSPS) is 17.9. The zero-order valence-corrected chi connectivity index (χ0v) is 16.8. The number of nitrogens with one attached hydrogen (secondary N) is 1. The number of fused-ring (bicyclic) bond motifs is 1. The number of likely N-dealkylation sites (tertiary alicyclic amines) is 1. The smallest absolute Gasteiger partial charge is 0.238 e. The van der Waals surface area contributed by atoms with Gasteiger partial charge in [-0.1, -0.05) is 29.8 Å². The Bertz CT molecular complexity index is 938. The maximum absolute atomic E-state index is 12.5. The van der Waals surface area contributed by atoms with Crippen LogP contribution < -0.4 is 5.32 Å². The lowest BCUT2D eigenvalue weighted by atomic mass is 9.99. The summed E-state index contributed by atoms with van der Waals surface area (Å²) in [6.45, 7) is 4.19. The maximum atomic E-state index is 12.5. The Balaban J connectivity index is 1.40. The number of thiazole rings is 1. The van der Waals surface area contributed by atoms with Crippen molar-refractivity contribution in [3.63, 3.8) is 0 Å². The Morgan fingerprint density at radius 1 is 1.33 bits per heavy atom. The van der Waals surface area contributed by atoms with Crippen LogP contribution in [0.15, 0.2) is 42.5 Å². The Kier molecular flexibility index (Phi) is 5.43. The average molecular weight is 400 g/mol. The van der Waals surface area contributed by atoms with E-state index in [-0.39, 0.29) is 5.91 Å². The Labute approximate surface area is 168 Å². The molecule has 0 saturated carbocycles. The van der Waals surface area contributed by atoms with Crippen LogP contribution in [0, 0.1) is 6.92 Å². The largest absolute Gasteiger partial charge is 0.325 e. The van der Waals surface area contributed by atoms with Crippen LogP contribution in [0.3, 0.4) is 0 Å². The summed E-state index contributed by atoms with van der Waals surface area (Å²) in [5.74, 6) is 0.405. The summed E-state index contributed by atoms with van der Waals surface area (Å²) in [7, 11) is 0. The van der Waals surface area contributed by atoms with Gasteiger partial charge in [-0.15, -0.1) is 11.3 Å². The molecule has 140 valence electrons. The fourth-order valence-corrected chi connectivity index (χ4v) is 4.85. The Morgan fingerprint density at radius 2 is 2.19 bits per heavy atom.